The SMILES string of the molecule is COc1cccc(CCNC(=O)c2cc(Cl)ncc2Cl)c1. The van der Waals surface area contributed by atoms with Crippen LogP contribution in [0.2, 0.25) is 10.2 Å². The molecular weight excluding hydrogens is 311 g/mol. The Morgan fingerprint density at radius 2 is 2.14 bits per heavy atom. The third-order valence-corrected chi connectivity index (χ3v) is 3.41. The largest absolute Gasteiger partial charge is 0.497 e. The zero-order valence-electron chi connectivity index (χ0n) is 11.4. The van der Waals surface area contributed by atoms with Crippen LogP contribution in [0.15, 0.2) is 36.5 Å². The maximum Gasteiger partial charge on any atom is 0.252 e. The number of carbonyl (C=O) groups is 1. The van der Waals surface area contributed by atoms with E-state index in [1.165, 1.54) is 12.3 Å². The first-order chi connectivity index (χ1) is 10.1. The molecule has 4 nitrogen and oxygen atoms in total. The van der Waals surface area contributed by atoms with Gasteiger partial charge in [-0.05, 0) is 30.2 Å². The Morgan fingerprint density at radius 1 is 1.33 bits per heavy atom. The minimum atomic E-state index is -0.271. The number of amides is 1. The molecule has 0 fully saturated rings. The van der Waals surface area contributed by atoms with Crippen molar-refractivity contribution >= 4 is 29.1 Å². The minimum absolute atomic E-state index is 0.234. The zero-order valence-corrected chi connectivity index (χ0v) is 12.9. The minimum Gasteiger partial charge on any atom is -0.497 e. The molecule has 2 rings (SSSR count). The molecule has 0 saturated carbocycles. The number of pyridine rings is 1. The molecule has 0 aliphatic carbocycles. The Morgan fingerprint density at radius 3 is 2.90 bits per heavy atom. The number of benzene rings is 1. The van der Waals surface area contributed by atoms with Gasteiger partial charge in [0.05, 0.1) is 17.7 Å². The first kappa shape index (κ1) is 15.6. The molecule has 0 spiro atoms. The zero-order chi connectivity index (χ0) is 15.2. The predicted molar refractivity (Wildman–Crippen MR) is 83.3 cm³/mol. The van der Waals surface area contributed by atoms with E-state index in [4.69, 9.17) is 27.9 Å². The summed E-state index contributed by atoms with van der Waals surface area (Å²) in [4.78, 5) is 15.8. The average molecular weight is 325 g/mol. The van der Waals surface area contributed by atoms with Gasteiger partial charge in [-0.2, -0.15) is 0 Å². The normalized spacial score (nSPS) is 10.2. The van der Waals surface area contributed by atoms with Crippen molar-refractivity contribution in [1.29, 1.82) is 0 Å². The molecule has 0 aliphatic heterocycles. The number of hydrogen-bond acceptors (Lipinski definition) is 3. The number of nitrogens with one attached hydrogen (secondary N) is 1. The molecular formula is C15H14Cl2N2O2. The van der Waals surface area contributed by atoms with Crippen LogP contribution in [-0.2, 0) is 6.42 Å². The topological polar surface area (TPSA) is 51.2 Å². The molecule has 1 heterocycles. The number of halogens is 2. The van der Waals surface area contributed by atoms with Gasteiger partial charge in [0.2, 0.25) is 0 Å². The van der Waals surface area contributed by atoms with E-state index in [0.717, 1.165) is 11.3 Å². The van der Waals surface area contributed by atoms with Gasteiger partial charge in [-0.3, -0.25) is 4.79 Å². The van der Waals surface area contributed by atoms with Gasteiger partial charge in [0.15, 0.2) is 0 Å². The highest BCUT2D eigenvalue weighted by Crippen LogP contribution is 2.18. The number of rotatable bonds is 5. The molecule has 0 aliphatic rings. The summed E-state index contributed by atoms with van der Waals surface area (Å²) in [6.45, 7) is 0.488. The molecule has 1 aromatic carbocycles. The van der Waals surface area contributed by atoms with E-state index in [1.807, 2.05) is 24.3 Å². The summed E-state index contributed by atoms with van der Waals surface area (Å²) in [5.41, 5.74) is 1.40. The highest BCUT2D eigenvalue weighted by molar-refractivity contribution is 6.35. The summed E-state index contributed by atoms with van der Waals surface area (Å²) in [6.07, 6.45) is 2.06. The molecule has 0 radical (unpaired) electrons. The lowest BCUT2D eigenvalue weighted by Crippen LogP contribution is -2.26. The molecule has 1 N–H and O–H groups in total. The number of carbonyl (C=O) groups excluding carboxylic acids is 1. The standard InChI is InChI=1S/C15H14Cl2N2O2/c1-21-11-4-2-3-10(7-11)5-6-18-15(20)12-8-14(17)19-9-13(12)16/h2-4,7-9H,5-6H2,1H3,(H,18,20). The summed E-state index contributed by atoms with van der Waals surface area (Å²) in [7, 11) is 1.62. The second-order valence-corrected chi connectivity index (χ2v) is 5.14. The van der Waals surface area contributed by atoms with Crippen LogP contribution in [0.3, 0.4) is 0 Å². The van der Waals surface area contributed by atoms with Crippen molar-refractivity contribution < 1.29 is 9.53 Å². The van der Waals surface area contributed by atoms with Gasteiger partial charge in [-0.1, -0.05) is 35.3 Å². The van der Waals surface area contributed by atoms with Crippen LogP contribution in [0.1, 0.15) is 15.9 Å². The molecule has 1 aromatic heterocycles. The molecule has 0 saturated heterocycles. The van der Waals surface area contributed by atoms with E-state index in [2.05, 4.69) is 10.3 Å². The quantitative estimate of drug-likeness (QED) is 0.858. The maximum atomic E-state index is 12.0. The molecule has 6 heteroatoms. The summed E-state index contributed by atoms with van der Waals surface area (Å²) in [5.74, 6) is 0.523. The van der Waals surface area contributed by atoms with Crippen LogP contribution < -0.4 is 10.1 Å². The molecule has 0 atom stereocenters. The van der Waals surface area contributed by atoms with Gasteiger partial charge in [0, 0.05) is 12.7 Å². The number of hydrogen-bond donors (Lipinski definition) is 1. The number of methoxy groups -OCH3 is 1. The van der Waals surface area contributed by atoms with Crippen molar-refractivity contribution in [3.63, 3.8) is 0 Å². The van der Waals surface area contributed by atoms with Crippen LogP contribution >= 0.6 is 23.2 Å². The Labute approximate surface area is 133 Å². The molecule has 110 valence electrons. The Bertz CT molecular complexity index is 647. The van der Waals surface area contributed by atoms with E-state index >= 15 is 0 Å². The van der Waals surface area contributed by atoms with Crippen LogP contribution in [0, 0.1) is 0 Å². The summed E-state index contributed by atoms with van der Waals surface area (Å²) in [6, 6.07) is 9.15. The number of ether oxygens (including phenoxy) is 1. The Kier molecular flexibility index (Phi) is 5.42. The number of nitrogens with zero attached hydrogens (tertiary/aromatic N) is 1. The lowest BCUT2D eigenvalue weighted by Gasteiger charge is -2.08. The summed E-state index contributed by atoms with van der Waals surface area (Å²) >= 11 is 11.7. The third-order valence-electron chi connectivity index (χ3n) is 2.90. The van der Waals surface area contributed by atoms with Gasteiger partial charge in [0.1, 0.15) is 10.9 Å². The maximum absolute atomic E-state index is 12.0. The van der Waals surface area contributed by atoms with Gasteiger partial charge < -0.3 is 10.1 Å². The second-order valence-electron chi connectivity index (χ2n) is 4.34. The lowest BCUT2D eigenvalue weighted by molar-refractivity contribution is 0.0954. The summed E-state index contributed by atoms with van der Waals surface area (Å²) in [5, 5.41) is 3.31. The fourth-order valence-electron chi connectivity index (χ4n) is 1.83. The molecule has 21 heavy (non-hydrogen) atoms. The van der Waals surface area contributed by atoms with Crippen LogP contribution in [0.4, 0.5) is 0 Å². The first-order valence-electron chi connectivity index (χ1n) is 6.32. The van der Waals surface area contributed by atoms with Crippen molar-refractivity contribution in [2.24, 2.45) is 0 Å². The van der Waals surface area contributed by atoms with Crippen molar-refractivity contribution in [2.75, 3.05) is 13.7 Å². The highest BCUT2D eigenvalue weighted by Gasteiger charge is 2.11. The fourth-order valence-corrected chi connectivity index (χ4v) is 2.18. The van der Waals surface area contributed by atoms with Gasteiger partial charge >= 0.3 is 0 Å². The van der Waals surface area contributed by atoms with Crippen LogP contribution in [0.5, 0.6) is 5.75 Å². The third kappa shape index (κ3) is 4.34. The fraction of sp³-hybridized carbons (Fsp3) is 0.200. The van der Waals surface area contributed by atoms with E-state index < -0.39 is 0 Å². The summed E-state index contributed by atoms with van der Waals surface area (Å²) < 4.78 is 5.15. The molecule has 1 amide bonds. The van der Waals surface area contributed by atoms with E-state index in [9.17, 15) is 4.79 Å². The van der Waals surface area contributed by atoms with E-state index in [-0.39, 0.29) is 16.1 Å². The van der Waals surface area contributed by atoms with Crippen LogP contribution in [-0.4, -0.2) is 24.5 Å². The molecule has 0 unspecified atom stereocenters. The predicted octanol–water partition coefficient (Wildman–Crippen LogP) is 3.37. The Balaban J connectivity index is 1.93. The van der Waals surface area contributed by atoms with Gasteiger partial charge in [-0.15, -0.1) is 0 Å². The van der Waals surface area contributed by atoms with E-state index in [1.54, 1.807) is 7.11 Å². The van der Waals surface area contributed by atoms with Crippen LogP contribution in [0.25, 0.3) is 0 Å². The number of aromatic nitrogens is 1. The second kappa shape index (κ2) is 7.29. The first-order valence-corrected chi connectivity index (χ1v) is 7.08. The Hall–Kier alpha value is -1.78. The lowest BCUT2D eigenvalue weighted by atomic mass is 10.1. The smallest absolute Gasteiger partial charge is 0.252 e. The van der Waals surface area contributed by atoms with Gasteiger partial charge in [0.25, 0.3) is 5.91 Å². The van der Waals surface area contributed by atoms with Crippen molar-refractivity contribution in [2.45, 2.75) is 6.42 Å². The van der Waals surface area contributed by atoms with Crippen molar-refractivity contribution in [1.82, 2.24) is 10.3 Å². The average Bonchev–Trinajstić information content (AvgIpc) is 2.49. The molecule has 2 aromatic rings. The van der Waals surface area contributed by atoms with Crippen molar-refractivity contribution in [3.05, 3.63) is 57.8 Å². The van der Waals surface area contributed by atoms with E-state index in [0.29, 0.717) is 18.5 Å². The van der Waals surface area contributed by atoms with Gasteiger partial charge in [-0.25, -0.2) is 4.98 Å². The monoisotopic (exact) mass is 324 g/mol. The van der Waals surface area contributed by atoms with Crippen molar-refractivity contribution in [3.8, 4) is 5.75 Å². The molecule has 0 bridgehead atoms. The highest BCUT2D eigenvalue weighted by atomic mass is 35.5.